The number of rotatable bonds is 4. The maximum atomic E-state index is 6.90. The highest BCUT2D eigenvalue weighted by atomic mass is 35.7. The molecule has 0 fully saturated rings. The molecule has 0 aliphatic carbocycles. The van der Waals surface area contributed by atoms with Crippen LogP contribution in [-0.2, 0) is 27.1 Å². The Morgan fingerprint density at radius 3 is 1.25 bits per heavy atom. The Morgan fingerprint density at radius 2 is 0.889 bits per heavy atom. The van der Waals surface area contributed by atoms with Gasteiger partial charge in [-0.2, -0.15) is 0 Å². The standard InChI is InChI=1S/C32H50ClO2P/c1-28(2,3)21-16-17-26(23(18-21)30(7,8)9)34-36(33)35-27-24(31(10,11)12)19-22(29(4,5)6)20-25(27)32(13,14)15/h16-20H,1-15H3. The monoisotopic (exact) mass is 532 g/mol. The Bertz CT molecular complexity index is 1030. The average molecular weight is 533 g/mol. The first-order valence-corrected chi connectivity index (χ1v) is 15.2. The van der Waals surface area contributed by atoms with Crippen LogP contribution in [0.5, 0.6) is 11.5 Å². The van der Waals surface area contributed by atoms with Gasteiger partial charge in [0, 0.05) is 16.7 Å². The van der Waals surface area contributed by atoms with E-state index in [1.54, 1.807) is 0 Å². The quantitative estimate of drug-likeness (QED) is 0.364. The molecule has 1 unspecified atom stereocenters. The molecular formula is C32H50ClO2P. The van der Waals surface area contributed by atoms with Gasteiger partial charge in [-0.1, -0.05) is 128 Å². The second-order valence-corrected chi connectivity index (χ2v) is 16.9. The van der Waals surface area contributed by atoms with Crippen molar-refractivity contribution in [3.05, 3.63) is 58.1 Å². The van der Waals surface area contributed by atoms with Crippen LogP contribution < -0.4 is 9.05 Å². The Kier molecular flexibility index (Phi) is 8.73. The van der Waals surface area contributed by atoms with E-state index >= 15 is 0 Å². The van der Waals surface area contributed by atoms with E-state index < -0.39 is 7.73 Å². The number of halogens is 1. The highest BCUT2D eigenvalue weighted by Crippen LogP contribution is 2.52. The summed E-state index contributed by atoms with van der Waals surface area (Å²) in [7, 11) is -1.73. The van der Waals surface area contributed by atoms with Gasteiger partial charge < -0.3 is 9.05 Å². The van der Waals surface area contributed by atoms with E-state index in [1.807, 2.05) is 0 Å². The molecule has 2 aromatic rings. The molecule has 4 heteroatoms. The highest BCUT2D eigenvalue weighted by molar-refractivity contribution is 7.76. The van der Waals surface area contributed by atoms with Gasteiger partial charge in [-0.25, -0.2) is 0 Å². The molecule has 0 bridgehead atoms. The van der Waals surface area contributed by atoms with Crippen LogP contribution in [0.4, 0.5) is 0 Å². The van der Waals surface area contributed by atoms with Crippen molar-refractivity contribution in [2.75, 3.05) is 0 Å². The minimum Gasteiger partial charge on any atom is -0.427 e. The van der Waals surface area contributed by atoms with E-state index in [4.69, 9.17) is 20.3 Å². The molecule has 202 valence electrons. The van der Waals surface area contributed by atoms with E-state index in [1.165, 1.54) is 11.1 Å². The van der Waals surface area contributed by atoms with Crippen LogP contribution in [0.1, 0.15) is 132 Å². The van der Waals surface area contributed by atoms with Crippen LogP contribution in [0.2, 0.25) is 0 Å². The number of hydrogen-bond donors (Lipinski definition) is 0. The van der Waals surface area contributed by atoms with E-state index in [-0.39, 0.29) is 27.1 Å². The molecule has 2 rings (SSSR count). The molecule has 0 N–H and O–H groups in total. The lowest BCUT2D eigenvalue weighted by Crippen LogP contribution is -2.22. The topological polar surface area (TPSA) is 18.5 Å². The Morgan fingerprint density at radius 1 is 0.500 bits per heavy atom. The molecule has 0 aliphatic heterocycles. The van der Waals surface area contributed by atoms with Crippen molar-refractivity contribution in [1.29, 1.82) is 0 Å². The molecule has 0 amide bonds. The third-order valence-electron chi connectivity index (χ3n) is 6.56. The van der Waals surface area contributed by atoms with E-state index in [0.717, 1.165) is 28.2 Å². The maximum absolute atomic E-state index is 6.90. The average Bonchev–Trinajstić information content (AvgIpc) is 2.63. The lowest BCUT2D eigenvalue weighted by Gasteiger charge is -2.33. The minimum absolute atomic E-state index is 0.0249. The summed E-state index contributed by atoms with van der Waals surface area (Å²) in [6.45, 7) is 33.5. The summed E-state index contributed by atoms with van der Waals surface area (Å²) in [5, 5.41) is 0. The van der Waals surface area contributed by atoms with Gasteiger partial charge in [-0.05, 0) is 55.5 Å². The smallest absolute Gasteiger partial charge is 0.401 e. The number of benzene rings is 2. The van der Waals surface area contributed by atoms with Crippen molar-refractivity contribution >= 4 is 19.0 Å². The summed E-state index contributed by atoms with van der Waals surface area (Å²) in [5.74, 6) is 1.64. The van der Waals surface area contributed by atoms with Gasteiger partial charge in [-0.3, -0.25) is 0 Å². The minimum atomic E-state index is -1.73. The van der Waals surface area contributed by atoms with Crippen molar-refractivity contribution in [2.24, 2.45) is 0 Å². The summed E-state index contributed by atoms with van der Waals surface area (Å²) in [5.41, 5.74) is 5.80. The Hall–Kier alpha value is -1.24. The predicted octanol–water partition coefficient (Wildman–Crippen LogP) is 11.1. The van der Waals surface area contributed by atoms with E-state index in [9.17, 15) is 0 Å². The molecule has 2 aromatic carbocycles. The van der Waals surface area contributed by atoms with Crippen molar-refractivity contribution < 1.29 is 9.05 Å². The van der Waals surface area contributed by atoms with Gasteiger partial charge in [0.15, 0.2) is 0 Å². The van der Waals surface area contributed by atoms with Crippen molar-refractivity contribution in [3.8, 4) is 11.5 Å². The largest absolute Gasteiger partial charge is 0.427 e. The zero-order chi connectivity index (χ0) is 28.1. The number of hydrogen-bond acceptors (Lipinski definition) is 2. The van der Waals surface area contributed by atoms with E-state index in [2.05, 4.69) is 134 Å². The van der Waals surface area contributed by atoms with Crippen LogP contribution in [0.3, 0.4) is 0 Å². The molecule has 0 heterocycles. The highest BCUT2D eigenvalue weighted by Gasteiger charge is 2.32. The van der Waals surface area contributed by atoms with Crippen molar-refractivity contribution in [3.63, 3.8) is 0 Å². The molecule has 0 radical (unpaired) electrons. The van der Waals surface area contributed by atoms with Gasteiger partial charge in [0.25, 0.3) is 0 Å². The van der Waals surface area contributed by atoms with Gasteiger partial charge >= 0.3 is 7.73 Å². The van der Waals surface area contributed by atoms with Gasteiger partial charge in [0.05, 0.1) is 0 Å². The van der Waals surface area contributed by atoms with Crippen molar-refractivity contribution in [1.82, 2.24) is 0 Å². The summed E-state index contributed by atoms with van der Waals surface area (Å²) >= 11 is 6.90. The third kappa shape index (κ3) is 7.64. The van der Waals surface area contributed by atoms with Crippen molar-refractivity contribution in [2.45, 2.75) is 131 Å². The van der Waals surface area contributed by atoms with Crippen LogP contribution >= 0.6 is 19.0 Å². The lowest BCUT2D eigenvalue weighted by molar-refractivity contribution is 0.455. The Labute approximate surface area is 228 Å². The zero-order valence-corrected chi connectivity index (χ0v) is 27.2. The summed E-state index contributed by atoms with van der Waals surface area (Å²) in [4.78, 5) is 0. The lowest BCUT2D eigenvalue weighted by atomic mass is 9.75. The SMILES string of the molecule is CC(C)(C)c1ccc(OP(Cl)Oc2c(C(C)(C)C)cc(C(C)(C)C)cc2C(C)(C)C)c(C(C)(C)C)c1. The molecule has 2 nitrogen and oxygen atoms in total. The second kappa shape index (κ2) is 10.1. The molecule has 0 aromatic heterocycles. The molecule has 1 atom stereocenters. The fourth-order valence-electron chi connectivity index (χ4n) is 4.10. The van der Waals surface area contributed by atoms with Gasteiger partial charge in [0.2, 0.25) is 0 Å². The fraction of sp³-hybridized carbons (Fsp3) is 0.625. The zero-order valence-electron chi connectivity index (χ0n) is 25.5. The fourth-order valence-corrected chi connectivity index (χ4v) is 5.23. The van der Waals surface area contributed by atoms with E-state index in [0.29, 0.717) is 0 Å². The summed E-state index contributed by atoms with van der Waals surface area (Å²) in [6, 6.07) is 11.0. The van der Waals surface area contributed by atoms with Gasteiger partial charge in [0.1, 0.15) is 11.5 Å². The molecule has 0 saturated carbocycles. The van der Waals surface area contributed by atoms with Crippen LogP contribution in [0.25, 0.3) is 0 Å². The maximum Gasteiger partial charge on any atom is 0.401 e. The molecular weight excluding hydrogens is 483 g/mol. The first-order valence-electron chi connectivity index (χ1n) is 13.1. The van der Waals surface area contributed by atoms with Crippen LogP contribution in [0, 0.1) is 0 Å². The van der Waals surface area contributed by atoms with Gasteiger partial charge in [-0.15, -0.1) is 0 Å². The first-order chi connectivity index (χ1) is 15.9. The molecule has 36 heavy (non-hydrogen) atoms. The first kappa shape index (κ1) is 31.0. The third-order valence-corrected chi connectivity index (χ3v) is 7.64. The molecule has 0 spiro atoms. The van der Waals surface area contributed by atoms with Crippen LogP contribution in [0.15, 0.2) is 30.3 Å². The normalized spacial score (nSPS) is 14.6. The molecule has 0 aliphatic rings. The van der Waals surface area contributed by atoms with Crippen LogP contribution in [-0.4, -0.2) is 0 Å². The summed E-state index contributed by atoms with van der Waals surface area (Å²) in [6.07, 6.45) is 0. The predicted molar refractivity (Wildman–Crippen MR) is 160 cm³/mol. The second-order valence-electron chi connectivity index (χ2n) is 15.3. The summed E-state index contributed by atoms with van der Waals surface area (Å²) < 4.78 is 13.0. The Balaban J connectivity index is 2.61. The molecule has 0 saturated heterocycles.